The second-order valence-corrected chi connectivity index (χ2v) is 5.08. The molecular formula is C18H15N3O3. The Morgan fingerprint density at radius 2 is 2.00 bits per heavy atom. The lowest BCUT2D eigenvalue weighted by molar-refractivity contribution is -0.134. The summed E-state index contributed by atoms with van der Waals surface area (Å²) < 4.78 is 10.7. The highest BCUT2D eigenvalue weighted by atomic mass is 16.5. The number of hydrogen-bond acceptors (Lipinski definition) is 4. The van der Waals surface area contributed by atoms with E-state index in [-0.39, 0.29) is 18.0 Å². The molecule has 0 spiro atoms. The lowest BCUT2D eigenvalue weighted by Gasteiger charge is -2.06. The molecule has 2 aromatic rings. The predicted octanol–water partition coefficient (Wildman–Crippen LogP) is 2.93. The normalized spacial score (nSPS) is 12.2. The first-order valence-corrected chi connectivity index (χ1v) is 7.52. The Bertz CT molecular complexity index is 853. The van der Waals surface area contributed by atoms with Gasteiger partial charge in [0.2, 0.25) is 5.71 Å². The van der Waals surface area contributed by atoms with Gasteiger partial charge >= 0.3 is 11.7 Å². The Balaban J connectivity index is 1.81. The molecule has 0 atom stereocenters. The quantitative estimate of drug-likeness (QED) is 0.482. The van der Waals surface area contributed by atoms with Crippen LogP contribution < -0.4 is 4.74 Å². The molecular weight excluding hydrogens is 306 g/mol. The number of ether oxygens (including phenoxy) is 2. The standard InChI is InChI=1S/C18H15N3O3/c1-2-23-18(22)17-16(21-19)14-10-13(8-9-15(14)20-17)24-11-12-6-4-3-5-7-12/h3-10H,2,11H2,1H3. The van der Waals surface area contributed by atoms with E-state index in [1.807, 2.05) is 30.3 Å². The van der Waals surface area contributed by atoms with Crippen molar-refractivity contribution in [3.8, 4) is 5.75 Å². The fraction of sp³-hybridized carbons (Fsp3) is 0.167. The lowest BCUT2D eigenvalue weighted by atomic mass is 10.1. The van der Waals surface area contributed by atoms with Crippen molar-refractivity contribution in [1.82, 2.24) is 0 Å². The molecule has 0 bridgehead atoms. The van der Waals surface area contributed by atoms with Gasteiger partial charge in [0.25, 0.3) is 0 Å². The zero-order valence-corrected chi connectivity index (χ0v) is 13.1. The number of aliphatic imine (C=N–C) groups is 1. The van der Waals surface area contributed by atoms with Crippen molar-refractivity contribution in [2.24, 2.45) is 4.99 Å². The molecule has 0 saturated carbocycles. The second-order valence-electron chi connectivity index (χ2n) is 5.08. The molecule has 120 valence electrons. The Labute approximate surface area is 139 Å². The first-order chi connectivity index (χ1) is 11.7. The van der Waals surface area contributed by atoms with E-state index in [1.165, 1.54) is 0 Å². The molecule has 1 aliphatic rings. The van der Waals surface area contributed by atoms with Crippen LogP contribution in [0.4, 0.5) is 5.69 Å². The average Bonchev–Trinajstić information content (AvgIpc) is 2.99. The second kappa shape index (κ2) is 6.89. The van der Waals surface area contributed by atoms with Crippen LogP contribution in [0.5, 0.6) is 5.75 Å². The van der Waals surface area contributed by atoms with Crippen molar-refractivity contribution >= 4 is 23.1 Å². The van der Waals surface area contributed by atoms with Gasteiger partial charge in [-0.15, -0.1) is 0 Å². The molecule has 1 heterocycles. The summed E-state index contributed by atoms with van der Waals surface area (Å²) in [6.45, 7) is 2.33. The zero-order valence-electron chi connectivity index (χ0n) is 13.1. The summed E-state index contributed by atoms with van der Waals surface area (Å²) in [4.78, 5) is 19.3. The van der Waals surface area contributed by atoms with Crippen LogP contribution >= 0.6 is 0 Å². The topological polar surface area (TPSA) is 84.3 Å². The third-order valence-electron chi connectivity index (χ3n) is 3.50. The van der Waals surface area contributed by atoms with Gasteiger partial charge in [-0.1, -0.05) is 30.3 Å². The molecule has 3 rings (SSSR count). The van der Waals surface area contributed by atoms with Gasteiger partial charge in [-0.3, -0.25) is 0 Å². The molecule has 0 saturated heterocycles. The van der Waals surface area contributed by atoms with E-state index in [4.69, 9.17) is 9.47 Å². The number of benzene rings is 2. The van der Waals surface area contributed by atoms with E-state index < -0.39 is 5.97 Å². The Morgan fingerprint density at radius 3 is 2.71 bits per heavy atom. The van der Waals surface area contributed by atoms with E-state index in [2.05, 4.69) is 9.78 Å². The maximum absolute atomic E-state index is 11.9. The smallest absolute Gasteiger partial charge is 0.365 e. The third-order valence-corrected chi connectivity index (χ3v) is 3.50. The molecule has 0 N–H and O–H groups in total. The van der Waals surface area contributed by atoms with Crippen molar-refractivity contribution in [2.75, 3.05) is 6.61 Å². The van der Waals surface area contributed by atoms with Crippen molar-refractivity contribution in [3.05, 3.63) is 65.2 Å². The third kappa shape index (κ3) is 3.09. The maximum Gasteiger partial charge on any atom is 0.365 e. The van der Waals surface area contributed by atoms with Crippen LogP contribution in [0.2, 0.25) is 0 Å². The van der Waals surface area contributed by atoms with E-state index in [1.54, 1.807) is 25.1 Å². The number of nitrogens with zero attached hydrogens (tertiary/aromatic N) is 3. The van der Waals surface area contributed by atoms with Crippen LogP contribution in [0.25, 0.3) is 5.53 Å². The van der Waals surface area contributed by atoms with Gasteiger partial charge in [0.05, 0.1) is 17.9 Å². The average molecular weight is 321 g/mol. The molecule has 1 aliphatic heterocycles. The number of carbonyl (C=O) groups excluding carboxylic acids is 1. The minimum absolute atomic E-state index is 0.00504. The number of fused-ring (bicyclic) bond motifs is 1. The van der Waals surface area contributed by atoms with Crippen molar-refractivity contribution in [1.29, 1.82) is 0 Å². The summed E-state index contributed by atoms with van der Waals surface area (Å²) in [5.41, 5.74) is 11.5. The molecule has 0 amide bonds. The van der Waals surface area contributed by atoms with E-state index in [0.717, 1.165) is 5.56 Å². The monoisotopic (exact) mass is 321 g/mol. The molecule has 0 aromatic heterocycles. The minimum Gasteiger partial charge on any atom is -0.489 e. The first-order valence-electron chi connectivity index (χ1n) is 7.52. The summed E-state index contributed by atoms with van der Waals surface area (Å²) in [7, 11) is 0. The highest BCUT2D eigenvalue weighted by Gasteiger charge is 2.36. The van der Waals surface area contributed by atoms with E-state index >= 15 is 0 Å². The van der Waals surface area contributed by atoms with E-state index in [9.17, 15) is 10.3 Å². The fourth-order valence-corrected chi connectivity index (χ4v) is 2.38. The van der Waals surface area contributed by atoms with Crippen LogP contribution in [0.15, 0.2) is 53.5 Å². The molecule has 24 heavy (non-hydrogen) atoms. The van der Waals surface area contributed by atoms with Crippen LogP contribution in [0.1, 0.15) is 18.1 Å². The summed E-state index contributed by atoms with van der Waals surface area (Å²) in [5, 5.41) is 0. The van der Waals surface area contributed by atoms with Gasteiger partial charge in [-0.25, -0.2) is 9.79 Å². The van der Waals surface area contributed by atoms with Crippen LogP contribution in [0, 0.1) is 0 Å². The minimum atomic E-state index is -0.617. The number of carbonyl (C=O) groups is 1. The summed E-state index contributed by atoms with van der Waals surface area (Å²) in [6.07, 6.45) is 0. The molecule has 0 unspecified atom stereocenters. The molecule has 6 heteroatoms. The van der Waals surface area contributed by atoms with Gasteiger partial charge in [-0.2, -0.15) is 4.79 Å². The summed E-state index contributed by atoms with van der Waals surface area (Å²) >= 11 is 0. The van der Waals surface area contributed by atoms with Gasteiger partial charge < -0.3 is 15.0 Å². The SMILES string of the molecule is CCOC(=O)C1=Nc2ccc(OCc3ccccc3)cc2C1=[N+]=[N-]. The van der Waals surface area contributed by atoms with Crippen LogP contribution in [-0.2, 0) is 16.1 Å². The predicted molar refractivity (Wildman–Crippen MR) is 88.7 cm³/mol. The zero-order chi connectivity index (χ0) is 16.9. The van der Waals surface area contributed by atoms with Gasteiger partial charge in [0.15, 0.2) is 0 Å². The van der Waals surface area contributed by atoms with Gasteiger partial charge in [-0.05, 0) is 30.7 Å². The number of hydrogen-bond donors (Lipinski definition) is 0. The molecule has 0 fully saturated rings. The molecule has 2 aromatic carbocycles. The first kappa shape index (κ1) is 15.6. The van der Waals surface area contributed by atoms with Crippen molar-refractivity contribution in [3.63, 3.8) is 0 Å². The van der Waals surface area contributed by atoms with Gasteiger partial charge in [0, 0.05) is 0 Å². The molecule has 0 radical (unpaired) electrons. The van der Waals surface area contributed by atoms with E-state index in [0.29, 0.717) is 23.6 Å². The Morgan fingerprint density at radius 1 is 1.21 bits per heavy atom. The largest absolute Gasteiger partial charge is 0.489 e. The van der Waals surface area contributed by atoms with Crippen molar-refractivity contribution in [2.45, 2.75) is 13.5 Å². The van der Waals surface area contributed by atoms with Crippen LogP contribution in [0.3, 0.4) is 0 Å². The molecule has 6 nitrogen and oxygen atoms in total. The van der Waals surface area contributed by atoms with Crippen LogP contribution in [-0.4, -0.2) is 28.8 Å². The van der Waals surface area contributed by atoms with Gasteiger partial charge in [0.1, 0.15) is 12.4 Å². The Hall–Kier alpha value is -3.24. The number of esters is 1. The highest BCUT2D eigenvalue weighted by molar-refractivity contribution is 6.70. The highest BCUT2D eigenvalue weighted by Crippen LogP contribution is 2.30. The fourth-order valence-electron chi connectivity index (χ4n) is 2.38. The summed E-state index contributed by atoms with van der Waals surface area (Å²) in [6, 6.07) is 14.9. The van der Waals surface area contributed by atoms with Crippen molar-refractivity contribution < 1.29 is 19.1 Å². The summed E-state index contributed by atoms with van der Waals surface area (Å²) in [5.74, 6) is -0.0210. The molecule has 0 aliphatic carbocycles. The lowest BCUT2D eigenvalue weighted by Crippen LogP contribution is -2.25. The number of rotatable bonds is 5. The maximum atomic E-state index is 11.9. The Kier molecular flexibility index (Phi) is 4.50.